The lowest BCUT2D eigenvalue weighted by atomic mass is 10.1. The number of nitrogens with zero attached hydrogens (tertiary/aromatic N) is 1. The van der Waals surface area contributed by atoms with E-state index in [1.54, 1.807) is 0 Å². The topological polar surface area (TPSA) is 78.9 Å². The van der Waals surface area contributed by atoms with Crippen molar-refractivity contribution in [1.82, 2.24) is 10.2 Å². The summed E-state index contributed by atoms with van der Waals surface area (Å²) < 4.78 is 5.24. The van der Waals surface area contributed by atoms with Gasteiger partial charge in [-0.25, -0.2) is 4.79 Å². The van der Waals surface area contributed by atoms with E-state index in [4.69, 9.17) is 9.84 Å². The maximum atomic E-state index is 11.9. The molecule has 2 aliphatic rings. The molecule has 2 rings (SSSR count). The Labute approximate surface area is 119 Å². The third-order valence-corrected chi connectivity index (χ3v) is 4.20. The smallest absolute Gasteiger partial charge is 0.332 e. The van der Waals surface area contributed by atoms with Gasteiger partial charge in [-0.05, 0) is 45.6 Å². The van der Waals surface area contributed by atoms with Crippen LogP contribution in [0.25, 0.3) is 0 Å². The minimum absolute atomic E-state index is 0.170. The average molecular weight is 284 g/mol. The fourth-order valence-electron chi connectivity index (χ4n) is 2.87. The molecule has 0 radical (unpaired) electrons. The Hall–Kier alpha value is -1.14. The lowest BCUT2D eigenvalue weighted by Gasteiger charge is -2.20. The summed E-state index contributed by atoms with van der Waals surface area (Å²) in [6, 6.07) is 0.546. The Kier molecular flexibility index (Phi) is 4.99. The van der Waals surface area contributed by atoms with E-state index in [1.165, 1.54) is 0 Å². The van der Waals surface area contributed by atoms with Crippen molar-refractivity contribution < 1.29 is 19.4 Å². The largest absolute Gasteiger partial charge is 0.479 e. The molecule has 20 heavy (non-hydrogen) atoms. The molecule has 0 bridgehead atoms. The molecule has 0 saturated carbocycles. The third kappa shape index (κ3) is 3.70. The molecular formula is C14H24N2O4. The van der Waals surface area contributed by atoms with Gasteiger partial charge in [-0.1, -0.05) is 0 Å². The molecular weight excluding hydrogens is 260 g/mol. The van der Waals surface area contributed by atoms with E-state index in [0.29, 0.717) is 31.3 Å². The molecule has 114 valence electrons. The van der Waals surface area contributed by atoms with Crippen LogP contribution in [-0.4, -0.2) is 59.8 Å². The molecule has 6 nitrogen and oxygen atoms in total. The number of carboxylic acids is 1. The highest BCUT2D eigenvalue weighted by Gasteiger charge is 2.35. The molecule has 0 aromatic rings. The van der Waals surface area contributed by atoms with Crippen molar-refractivity contribution >= 4 is 11.9 Å². The van der Waals surface area contributed by atoms with Crippen molar-refractivity contribution in [2.75, 3.05) is 19.6 Å². The van der Waals surface area contributed by atoms with E-state index < -0.39 is 18.2 Å². The summed E-state index contributed by atoms with van der Waals surface area (Å²) >= 11 is 0. The number of ether oxygens (including phenoxy) is 1. The van der Waals surface area contributed by atoms with Crippen LogP contribution in [0, 0.1) is 5.92 Å². The van der Waals surface area contributed by atoms with Crippen molar-refractivity contribution in [3.8, 4) is 0 Å². The third-order valence-electron chi connectivity index (χ3n) is 4.20. The number of likely N-dealkylation sites (tertiary alicyclic amines) is 1. The van der Waals surface area contributed by atoms with E-state index in [-0.39, 0.29) is 5.91 Å². The van der Waals surface area contributed by atoms with Crippen LogP contribution in [0.3, 0.4) is 0 Å². The number of rotatable bonds is 5. The average Bonchev–Trinajstić information content (AvgIpc) is 3.05. The fraction of sp³-hybridized carbons (Fsp3) is 0.857. The van der Waals surface area contributed by atoms with Gasteiger partial charge in [0.15, 0.2) is 6.10 Å². The Morgan fingerprint density at radius 1 is 1.30 bits per heavy atom. The molecule has 2 aliphatic heterocycles. The van der Waals surface area contributed by atoms with Gasteiger partial charge in [-0.3, -0.25) is 4.79 Å². The number of aliphatic carboxylic acids is 1. The van der Waals surface area contributed by atoms with Gasteiger partial charge in [0.05, 0.1) is 0 Å². The molecule has 2 heterocycles. The monoisotopic (exact) mass is 284 g/mol. The van der Waals surface area contributed by atoms with Gasteiger partial charge in [-0.2, -0.15) is 0 Å². The zero-order valence-corrected chi connectivity index (χ0v) is 12.2. The molecule has 0 aromatic carbocycles. The van der Waals surface area contributed by atoms with Crippen LogP contribution in [0.1, 0.15) is 33.1 Å². The Bertz CT molecular complexity index is 372. The first-order valence-electron chi connectivity index (χ1n) is 7.37. The summed E-state index contributed by atoms with van der Waals surface area (Å²) in [6.45, 7) is 7.11. The van der Waals surface area contributed by atoms with Crippen LogP contribution in [0.4, 0.5) is 0 Å². The van der Waals surface area contributed by atoms with Crippen LogP contribution < -0.4 is 5.32 Å². The summed E-state index contributed by atoms with van der Waals surface area (Å²) in [5, 5.41) is 11.7. The van der Waals surface area contributed by atoms with Crippen LogP contribution >= 0.6 is 0 Å². The van der Waals surface area contributed by atoms with Gasteiger partial charge in [0.25, 0.3) is 0 Å². The molecule has 6 heteroatoms. The van der Waals surface area contributed by atoms with Gasteiger partial charge in [-0.15, -0.1) is 0 Å². The van der Waals surface area contributed by atoms with Crippen molar-refractivity contribution in [3.63, 3.8) is 0 Å². The first-order chi connectivity index (χ1) is 9.47. The molecule has 0 spiro atoms. The number of carboxylic acid groups (broad SMARTS) is 1. The summed E-state index contributed by atoms with van der Waals surface area (Å²) in [7, 11) is 0. The van der Waals surface area contributed by atoms with Crippen molar-refractivity contribution in [2.45, 2.75) is 51.4 Å². The van der Waals surface area contributed by atoms with Gasteiger partial charge in [0, 0.05) is 19.1 Å². The zero-order valence-electron chi connectivity index (χ0n) is 12.2. The van der Waals surface area contributed by atoms with Gasteiger partial charge in [0.1, 0.15) is 6.10 Å². The second-order valence-electron chi connectivity index (χ2n) is 6.02. The van der Waals surface area contributed by atoms with Crippen LogP contribution in [0.2, 0.25) is 0 Å². The standard InChI is InChI=1S/C14H24N2O4/c1-9(2)16-6-5-10(8-16)7-15-13(17)11-3-4-12(20-11)14(18)19/h9-12H,3-8H2,1-2H3,(H,15,17)(H,18,19)/t10?,11-,12+/m0/s1. The molecule has 0 aliphatic carbocycles. The predicted molar refractivity (Wildman–Crippen MR) is 73.4 cm³/mol. The van der Waals surface area contributed by atoms with Crippen molar-refractivity contribution in [1.29, 1.82) is 0 Å². The summed E-state index contributed by atoms with van der Waals surface area (Å²) in [5.41, 5.74) is 0. The first-order valence-corrected chi connectivity index (χ1v) is 7.37. The first kappa shape index (κ1) is 15.3. The molecule has 3 atom stereocenters. The molecule has 2 N–H and O–H groups in total. The molecule has 1 unspecified atom stereocenters. The lowest BCUT2D eigenvalue weighted by Crippen LogP contribution is -2.39. The maximum absolute atomic E-state index is 11.9. The second kappa shape index (κ2) is 6.54. The van der Waals surface area contributed by atoms with Gasteiger partial charge < -0.3 is 20.1 Å². The molecule has 2 fully saturated rings. The number of nitrogens with one attached hydrogen (secondary N) is 1. The Balaban J connectivity index is 1.70. The normalized spacial score (nSPS) is 30.9. The lowest BCUT2D eigenvalue weighted by molar-refractivity contribution is -0.151. The predicted octanol–water partition coefficient (Wildman–Crippen LogP) is 0.465. The fourth-order valence-corrected chi connectivity index (χ4v) is 2.87. The van der Waals surface area contributed by atoms with Crippen LogP contribution in [-0.2, 0) is 14.3 Å². The number of hydrogen-bond acceptors (Lipinski definition) is 4. The summed E-state index contributed by atoms with van der Waals surface area (Å²) in [4.78, 5) is 25.1. The van der Waals surface area contributed by atoms with Crippen molar-refractivity contribution in [2.24, 2.45) is 5.92 Å². The van der Waals surface area contributed by atoms with Crippen LogP contribution in [0.15, 0.2) is 0 Å². The number of hydrogen-bond donors (Lipinski definition) is 2. The number of amides is 1. The Morgan fingerprint density at radius 2 is 2.00 bits per heavy atom. The van der Waals surface area contributed by atoms with E-state index in [9.17, 15) is 9.59 Å². The SMILES string of the molecule is CC(C)N1CCC(CNC(=O)[C@@H]2CC[C@H](C(=O)O)O2)C1. The van der Waals surface area contributed by atoms with Gasteiger partial charge in [0.2, 0.25) is 5.91 Å². The zero-order chi connectivity index (χ0) is 14.7. The quantitative estimate of drug-likeness (QED) is 0.767. The van der Waals surface area contributed by atoms with Crippen LogP contribution in [0.5, 0.6) is 0 Å². The molecule has 1 amide bonds. The number of carbonyl (C=O) groups is 2. The maximum Gasteiger partial charge on any atom is 0.332 e. The number of carbonyl (C=O) groups excluding carboxylic acids is 1. The highest BCUT2D eigenvalue weighted by Crippen LogP contribution is 2.21. The van der Waals surface area contributed by atoms with E-state index in [0.717, 1.165) is 19.5 Å². The highest BCUT2D eigenvalue weighted by atomic mass is 16.5. The summed E-state index contributed by atoms with van der Waals surface area (Å²) in [6.07, 6.45) is 0.582. The van der Waals surface area contributed by atoms with E-state index in [2.05, 4.69) is 24.1 Å². The molecule has 0 aromatic heterocycles. The minimum Gasteiger partial charge on any atom is -0.479 e. The molecule has 2 saturated heterocycles. The van der Waals surface area contributed by atoms with Gasteiger partial charge >= 0.3 is 5.97 Å². The minimum atomic E-state index is -0.983. The van der Waals surface area contributed by atoms with Crippen molar-refractivity contribution in [3.05, 3.63) is 0 Å². The van der Waals surface area contributed by atoms with E-state index in [1.807, 2.05) is 0 Å². The Morgan fingerprint density at radius 3 is 2.55 bits per heavy atom. The highest BCUT2D eigenvalue weighted by molar-refractivity contribution is 5.82. The van der Waals surface area contributed by atoms with E-state index >= 15 is 0 Å². The summed E-state index contributed by atoms with van der Waals surface area (Å²) in [5.74, 6) is -0.668. The second-order valence-corrected chi connectivity index (χ2v) is 6.02.